The number of nitrogens with one attached hydrogen (secondary N) is 1. The Morgan fingerprint density at radius 1 is 1.12 bits per heavy atom. The number of carbonyl (C=O) groups is 1. The van der Waals surface area contributed by atoms with Crippen LogP contribution in [0.15, 0.2) is 60.3 Å². The molecule has 0 radical (unpaired) electrons. The Labute approximate surface area is 155 Å². The smallest absolute Gasteiger partial charge is 0.387 e. The van der Waals surface area contributed by atoms with Crippen LogP contribution in [0.5, 0.6) is 5.75 Å². The van der Waals surface area contributed by atoms with E-state index in [-0.39, 0.29) is 17.7 Å². The molecule has 1 aliphatic heterocycles. The number of amides is 1. The maximum atomic E-state index is 12.7. The summed E-state index contributed by atoms with van der Waals surface area (Å²) in [6.45, 7) is -0.969. The zero-order valence-corrected chi connectivity index (χ0v) is 14.7. The first kappa shape index (κ1) is 18.0. The van der Waals surface area contributed by atoms with E-state index in [1.165, 1.54) is 17.0 Å². The fourth-order valence-corrected chi connectivity index (χ4v) is 3.04. The normalized spacial score (nSPS) is 16.9. The SMILES string of the molecule is C[C@H](c1ccccc1)N1C(=O)/C(=C\c2ccc(OC(F)F)cc2)NC1=S. The molecule has 1 fully saturated rings. The third-order valence-electron chi connectivity index (χ3n) is 4.00. The number of alkyl halides is 2. The monoisotopic (exact) mass is 374 g/mol. The van der Waals surface area contributed by atoms with Gasteiger partial charge in [0.15, 0.2) is 5.11 Å². The number of hydrogen-bond donors (Lipinski definition) is 1. The Morgan fingerprint density at radius 2 is 1.77 bits per heavy atom. The molecule has 1 saturated heterocycles. The van der Waals surface area contributed by atoms with Crippen molar-refractivity contribution in [2.45, 2.75) is 19.6 Å². The molecule has 0 spiro atoms. The molecule has 0 aromatic heterocycles. The van der Waals surface area contributed by atoms with Crippen LogP contribution in [0, 0.1) is 0 Å². The summed E-state index contributed by atoms with van der Waals surface area (Å²) < 4.78 is 28.7. The van der Waals surface area contributed by atoms with Gasteiger partial charge in [-0.2, -0.15) is 8.78 Å². The number of ether oxygens (including phenoxy) is 1. The second-order valence-electron chi connectivity index (χ2n) is 5.70. The van der Waals surface area contributed by atoms with E-state index in [2.05, 4.69) is 10.1 Å². The van der Waals surface area contributed by atoms with Gasteiger partial charge in [0.2, 0.25) is 0 Å². The first-order chi connectivity index (χ1) is 12.5. The summed E-state index contributed by atoms with van der Waals surface area (Å²) in [7, 11) is 0. The van der Waals surface area contributed by atoms with Crippen molar-refractivity contribution in [3.63, 3.8) is 0 Å². The van der Waals surface area contributed by atoms with Gasteiger partial charge in [-0.3, -0.25) is 9.69 Å². The quantitative estimate of drug-likeness (QED) is 0.632. The molecule has 0 aliphatic carbocycles. The van der Waals surface area contributed by atoms with Crippen molar-refractivity contribution >= 4 is 29.3 Å². The average molecular weight is 374 g/mol. The van der Waals surface area contributed by atoms with E-state index in [0.29, 0.717) is 16.4 Å². The fourth-order valence-electron chi connectivity index (χ4n) is 2.69. The lowest BCUT2D eigenvalue weighted by Gasteiger charge is -2.23. The molecule has 4 nitrogen and oxygen atoms in total. The van der Waals surface area contributed by atoms with Crippen LogP contribution in [0.25, 0.3) is 6.08 Å². The maximum Gasteiger partial charge on any atom is 0.387 e. The van der Waals surface area contributed by atoms with Crippen LogP contribution in [0.1, 0.15) is 24.1 Å². The third kappa shape index (κ3) is 3.88. The van der Waals surface area contributed by atoms with Crippen LogP contribution in [-0.2, 0) is 4.79 Å². The van der Waals surface area contributed by atoms with Crippen LogP contribution in [-0.4, -0.2) is 22.5 Å². The Bertz CT molecular complexity index is 838. The Kier molecular flexibility index (Phi) is 5.27. The van der Waals surface area contributed by atoms with Gasteiger partial charge in [-0.25, -0.2) is 0 Å². The zero-order chi connectivity index (χ0) is 18.7. The molecule has 134 valence electrons. The van der Waals surface area contributed by atoms with Gasteiger partial charge in [0.25, 0.3) is 5.91 Å². The highest BCUT2D eigenvalue weighted by Crippen LogP contribution is 2.26. The summed E-state index contributed by atoms with van der Waals surface area (Å²) >= 11 is 5.31. The molecule has 0 unspecified atom stereocenters. The van der Waals surface area contributed by atoms with E-state index < -0.39 is 6.61 Å². The highest BCUT2D eigenvalue weighted by atomic mass is 32.1. The topological polar surface area (TPSA) is 41.6 Å². The van der Waals surface area contributed by atoms with Crippen molar-refractivity contribution < 1.29 is 18.3 Å². The van der Waals surface area contributed by atoms with Crippen molar-refractivity contribution in [3.05, 3.63) is 71.4 Å². The summed E-state index contributed by atoms with van der Waals surface area (Å²) in [4.78, 5) is 14.2. The summed E-state index contributed by atoms with van der Waals surface area (Å²) in [6.07, 6.45) is 1.62. The number of carbonyl (C=O) groups excluding carboxylic acids is 1. The summed E-state index contributed by atoms with van der Waals surface area (Å²) in [5.74, 6) is -0.179. The minimum atomic E-state index is -2.87. The van der Waals surface area contributed by atoms with E-state index in [1.807, 2.05) is 37.3 Å². The fraction of sp³-hybridized carbons (Fsp3) is 0.158. The molecule has 1 amide bonds. The van der Waals surface area contributed by atoms with Crippen LogP contribution in [0.3, 0.4) is 0 Å². The van der Waals surface area contributed by atoms with Gasteiger partial charge < -0.3 is 10.1 Å². The number of nitrogens with zero attached hydrogens (tertiary/aromatic N) is 1. The second-order valence-corrected chi connectivity index (χ2v) is 6.08. The molecule has 0 saturated carbocycles. The van der Waals surface area contributed by atoms with Crippen molar-refractivity contribution in [1.29, 1.82) is 0 Å². The third-order valence-corrected chi connectivity index (χ3v) is 4.29. The van der Waals surface area contributed by atoms with Gasteiger partial charge in [-0.1, -0.05) is 42.5 Å². The van der Waals surface area contributed by atoms with Crippen molar-refractivity contribution in [1.82, 2.24) is 10.2 Å². The number of benzene rings is 2. The summed E-state index contributed by atoms with van der Waals surface area (Å²) in [6, 6.07) is 15.4. The van der Waals surface area contributed by atoms with E-state index in [1.54, 1.807) is 18.2 Å². The van der Waals surface area contributed by atoms with Crippen LogP contribution in [0.2, 0.25) is 0 Å². The first-order valence-electron chi connectivity index (χ1n) is 7.92. The van der Waals surface area contributed by atoms with Crippen molar-refractivity contribution in [3.8, 4) is 5.75 Å². The van der Waals surface area contributed by atoms with Gasteiger partial charge >= 0.3 is 6.61 Å². The first-order valence-corrected chi connectivity index (χ1v) is 8.32. The lowest BCUT2D eigenvalue weighted by Crippen LogP contribution is -2.33. The number of thiocarbonyl (C=S) groups is 1. The van der Waals surface area contributed by atoms with Crippen molar-refractivity contribution in [2.75, 3.05) is 0 Å². The molecule has 26 heavy (non-hydrogen) atoms. The Morgan fingerprint density at radius 3 is 2.38 bits per heavy atom. The van der Waals surface area contributed by atoms with Gasteiger partial charge in [0, 0.05) is 0 Å². The lowest BCUT2D eigenvalue weighted by atomic mass is 10.1. The van der Waals surface area contributed by atoms with Gasteiger partial charge in [-0.05, 0) is 48.5 Å². The van der Waals surface area contributed by atoms with E-state index >= 15 is 0 Å². The zero-order valence-electron chi connectivity index (χ0n) is 13.9. The van der Waals surface area contributed by atoms with Gasteiger partial charge in [-0.15, -0.1) is 0 Å². The minimum Gasteiger partial charge on any atom is -0.435 e. The summed E-state index contributed by atoms with van der Waals surface area (Å²) in [5, 5.41) is 3.25. The molecule has 3 rings (SSSR count). The summed E-state index contributed by atoms with van der Waals surface area (Å²) in [5.41, 5.74) is 1.97. The van der Waals surface area contributed by atoms with Gasteiger partial charge in [0.1, 0.15) is 11.4 Å². The number of hydrogen-bond acceptors (Lipinski definition) is 3. The molecule has 7 heteroatoms. The van der Waals surface area contributed by atoms with E-state index in [4.69, 9.17) is 12.2 Å². The number of rotatable bonds is 5. The van der Waals surface area contributed by atoms with E-state index in [9.17, 15) is 13.6 Å². The van der Waals surface area contributed by atoms with Gasteiger partial charge in [0.05, 0.1) is 6.04 Å². The van der Waals surface area contributed by atoms with Crippen LogP contribution in [0.4, 0.5) is 8.78 Å². The number of halogens is 2. The highest BCUT2D eigenvalue weighted by molar-refractivity contribution is 7.80. The molecule has 1 N–H and O–H groups in total. The average Bonchev–Trinajstić information content (AvgIpc) is 2.90. The predicted molar refractivity (Wildman–Crippen MR) is 98.5 cm³/mol. The molecule has 2 aromatic rings. The molecule has 0 bridgehead atoms. The van der Waals surface area contributed by atoms with Crippen LogP contribution >= 0.6 is 12.2 Å². The second kappa shape index (κ2) is 7.61. The standard InChI is InChI=1S/C19H16F2N2O2S/c1-12(14-5-3-2-4-6-14)23-17(24)16(22-19(23)26)11-13-7-9-15(10-8-13)25-18(20)21/h2-12,18H,1H3,(H,22,26)/b16-11+/t12-/m1/s1. The highest BCUT2D eigenvalue weighted by Gasteiger charge is 2.34. The maximum absolute atomic E-state index is 12.7. The molecular formula is C19H16F2N2O2S. The lowest BCUT2D eigenvalue weighted by molar-refractivity contribution is -0.123. The molecule has 1 aliphatic rings. The molecule has 2 aromatic carbocycles. The minimum absolute atomic E-state index is 0.0581. The predicted octanol–water partition coefficient (Wildman–Crippen LogP) is 4.11. The molecular weight excluding hydrogens is 358 g/mol. The van der Waals surface area contributed by atoms with Crippen molar-refractivity contribution in [2.24, 2.45) is 0 Å². The van der Waals surface area contributed by atoms with E-state index in [0.717, 1.165) is 5.56 Å². The van der Waals surface area contributed by atoms with Crippen LogP contribution < -0.4 is 10.1 Å². The Hall–Kier alpha value is -2.80. The largest absolute Gasteiger partial charge is 0.435 e. The Balaban J connectivity index is 1.79. The molecule has 1 heterocycles. The molecule has 1 atom stereocenters.